The summed E-state index contributed by atoms with van der Waals surface area (Å²) in [4.78, 5) is 13.5. The summed E-state index contributed by atoms with van der Waals surface area (Å²) >= 11 is 0. The van der Waals surface area contributed by atoms with Gasteiger partial charge < -0.3 is 20.5 Å². The molecule has 7 nitrogen and oxygen atoms in total. The lowest BCUT2D eigenvalue weighted by Gasteiger charge is -2.63. The second kappa shape index (κ2) is 6.17. The van der Waals surface area contributed by atoms with Gasteiger partial charge in [0.2, 0.25) is 0 Å². The van der Waals surface area contributed by atoms with Gasteiger partial charge in [0.15, 0.2) is 5.78 Å². The summed E-state index contributed by atoms with van der Waals surface area (Å²) in [5.74, 6) is -1.91. The molecule has 0 unspecified atom stereocenters. The second-order valence-corrected chi connectivity index (χ2v) is 10.8. The SMILES string of the molecule is C[C@@H]1C[C@H]2[C@@H]3CCC4=Cc5c(cnn5O)C[C@]4(C)[C@@]3(F)[C@@H](O)C[C@]2(C)[C@@]1(O)C(=O)CO. The van der Waals surface area contributed by atoms with E-state index in [4.69, 9.17) is 0 Å². The number of aliphatic hydroxyl groups is 3. The minimum Gasteiger partial charge on any atom is -0.411 e. The van der Waals surface area contributed by atoms with Crippen LogP contribution in [0.3, 0.4) is 0 Å². The molecule has 0 bridgehead atoms. The average molecular weight is 435 g/mol. The van der Waals surface area contributed by atoms with Crippen molar-refractivity contribution in [3.05, 3.63) is 23.0 Å². The van der Waals surface area contributed by atoms with Crippen molar-refractivity contribution < 1.29 is 29.7 Å². The quantitative estimate of drug-likeness (QED) is 0.529. The van der Waals surface area contributed by atoms with Crippen LogP contribution in [-0.4, -0.2) is 60.2 Å². The summed E-state index contributed by atoms with van der Waals surface area (Å²) in [6.45, 7) is 4.63. The van der Waals surface area contributed by atoms with E-state index >= 15 is 4.39 Å². The van der Waals surface area contributed by atoms with Gasteiger partial charge in [0.05, 0.1) is 12.3 Å². The Morgan fingerprint density at radius 3 is 2.74 bits per heavy atom. The lowest BCUT2D eigenvalue weighted by molar-refractivity contribution is -0.226. The first kappa shape index (κ1) is 21.1. The van der Waals surface area contributed by atoms with E-state index in [0.717, 1.165) is 16.0 Å². The first-order valence-corrected chi connectivity index (χ1v) is 11.2. The fourth-order valence-electron chi connectivity index (χ4n) is 8.09. The molecule has 0 aliphatic heterocycles. The lowest BCUT2D eigenvalue weighted by atomic mass is 9.43. The Hall–Kier alpha value is -1.77. The van der Waals surface area contributed by atoms with Crippen LogP contribution >= 0.6 is 0 Å². The highest BCUT2D eigenvalue weighted by Gasteiger charge is 2.75. The van der Waals surface area contributed by atoms with Gasteiger partial charge in [-0.3, -0.25) is 4.79 Å². The maximum Gasteiger partial charge on any atom is 0.190 e. The standard InChI is InChI=1S/C23H31FN2O5/c1-12-6-16-15-5-4-14-7-17-13(10-25-26(17)31)8-20(14,2)22(15,24)18(28)9-21(16,3)23(12,30)19(29)11-27/h7,10,12,15-16,18,27-28,30-31H,4-6,8-9,11H2,1-3H3/t12-,15+,16+,18+,20+,21+,22+,23+/m1/s1. The van der Waals surface area contributed by atoms with E-state index in [1.54, 1.807) is 19.9 Å². The molecule has 0 aromatic carbocycles. The molecule has 1 heterocycles. The number of hydrogen-bond donors (Lipinski definition) is 4. The normalized spacial score (nSPS) is 48.3. The third kappa shape index (κ3) is 2.19. The van der Waals surface area contributed by atoms with Gasteiger partial charge in [-0.05, 0) is 50.0 Å². The van der Waals surface area contributed by atoms with Crippen molar-refractivity contribution in [2.24, 2.45) is 28.6 Å². The van der Waals surface area contributed by atoms with E-state index in [9.17, 15) is 25.3 Å². The predicted octanol–water partition coefficient (Wildman–Crippen LogP) is 1.90. The van der Waals surface area contributed by atoms with E-state index in [2.05, 4.69) is 5.10 Å². The Labute approximate surface area is 180 Å². The fourth-order valence-corrected chi connectivity index (χ4v) is 8.09. The number of fused-ring (bicyclic) bond motifs is 6. The zero-order valence-corrected chi connectivity index (χ0v) is 18.2. The summed E-state index contributed by atoms with van der Waals surface area (Å²) in [6, 6.07) is 0. The number of ketones is 1. The number of carbonyl (C=O) groups is 1. The molecule has 1 aromatic heterocycles. The summed E-state index contributed by atoms with van der Waals surface area (Å²) in [5, 5.41) is 46.3. The molecule has 3 saturated carbocycles. The Bertz CT molecular complexity index is 993. The molecule has 0 spiro atoms. The van der Waals surface area contributed by atoms with E-state index < -0.39 is 52.4 Å². The first-order valence-electron chi connectivity index (χ1n) is 11.2. The molecular formula is C23H31FN2O5. The summed E-state index contributed by atoms with van der Waals surface area (Å²) in [6.07, 6.45) is 3.79. The molecule has 1 aromatic rings. The van der Waals surface area contributed by atoms with Crippen LogP contribution in [0.4, 0.5) is 4.39 Å². The number of halogens is 1. The smallest absolute Gasteiger partial charge is 0.190 e. The van der Waals surface area contributed by atoms with E-state index in [-0.39, 0.29) is 12.3 Å². The maximum atomic E-state index is 17.3. The predicted molar refractivity (Wildman–Crippen MR) is 109 cm³/mol. The van der Waals surface area contributed by atoms with Crippen LogP contribution in [0.25, 0.3) is 6.08 Å². The molecule has 0 saturated heterocycles. The van der Waals surface area contributed by atoms with E-state index in [0.29, 0.717) is 31.4 Å². The Balaban J connectivity index is 1.62. The monoisotopic (exact) mass is 434 g/mol. The third-order valence-electron chi connectivity index (χ3n) is 9.71. The van der Waals surface area contributed by atoms with Crippen LogP contribution < -0.4 is 0 Å². The fraction of sp³-hybridized carbons (Fsp3) is 0.739. The first-order chi connectivity index (χ1) is 14.4. The molecule has 8 atom stereocenters. The van der Waals surface area contributed by atoms with Gasteiger partial charge in [-0.25, -0.2) is 4.39 Å². The van der Waals surface area contributed by atoms with Gasteiger partial charge in [-0.15, -0.1) is 9.94 Å². The second-order valence-electron chi connectivity index (χ2n) is 10.8. The van der Waals surface area contributed by atoms with Gasteiger partial charge in [-0.2, -0.15) is 0 Å². The largest absolute Gasteiger partial charge is 0.411 e. The minimum atomic E-state index is -1.94. The highest BCUT2D eigenvalue weighted by molar-refractivity contribution is 5.90. The molecule has 4 aliphatic carbocycles. The van der Waals surface area contributed by atoms with Crippen molar-refractivity contribution in [1.29, 1.82) is 0 Å². The molecule has 170 valence electrons. The highest BCUT2D eigenvalue weighted by Crippen LogP contribution is 2.71. The molecule has 5 rings (SSSR count). The van der Waals surface area contributed by atoms with Crippen molar-refractivity contribution in [3.63, 3.8) is 0 Å². The molecule has 8 heteroatoms. The van der Waals surface area contributed by atoms with Crippen LogP contribution in [0.2, 0.25) is 0 Å². The van der Waals surface area contributed by atoms with Crippen LogP contribution in [0.15, 0.2) is 11.8 Å². The number of rotatable bonds is 2. The van der Waals surface area contributed by atoms with Crippen molar-refractivity contribution in [2.45, 2.75) is 70.2 Å². The number of carbonyl (C=O) groups excluding carboxylic acids is 1. The molecule has 31 heavy (non-hydrogen) atoms. The van der Waals surface area contributed by atoms with Gasteiger partial charge in [0, 0.05) is 22.3 Å². The average Bonchev–Trinajstić information content (AvgIpc) is 3.17. The van der Waals surface area contributed by atoms with E-state index in [1.807, 2.05) is 6.92 Å². The molecule has 0 amide bonds. The highest BCUT2D eigenvalue weighted by atomic mass is 19.1. The number of alkyl halides is 1. The number of allylic oxidation sites excluding steroid dienone is 1. The molecule has 4 aliphatic rings. The number of aliphatic hydroxyl groups excluding tert-OH is 2. The zero-order valence-electron chi connectivity index (χ0n) is 18.2. The summed E-state index contributed by atoms with van der Waals surface area (Å²) in [5.41, 5.74) is -3.57. The lowest BCUT2D eigenvalue weighted by Crippen LogP contribution is -2.70. The van der Waals surface area contributed by atoms with Gasteiger partial charge in [0.1, 0.15) is 23.6 Å². The van der Waals surface area contributed by atoms with E-state index in [1.165, 1.54) is 6.20 Å². The number of aromatic nitrogens is 2. The van der Waals surface area contributed by atoms with Crippen molar-refractivity contribution in [2.75, 3.05) is 6.61 Å². The summed E-state index contributed by atoms with van der Waals surface area (Å²) in [7, 11) is 0. The number of nitrogens with zero attached hydrogens (tertiary/aromatic N) is 2. The van der Waals surface area contributed by atoms with Crippen molar-refractivity contribution >= 4 is 11.9 Å². The minimum absolute atomic E-state index is 0.0494. The van der Waals surface area contributed by atoms with Gasteiger partial charge >= 0.3 is 0 Å². The maximum absolute atomic E-state index is 17.3. The third-order valence-corrected chi connectivity index (χ3v) is 9.71. The molecular weight excluding hydrogens is 403 g/mol. The van der Waals surface area contributed by atoms with Gasteiger partial charge in [-0.1, -0.05) is 26.3 Å². The topological polar surface area (TPSA) is 116 Å². The number of Topliss-reactive ketones (excluding diaryl/α,β-unsaturated/α-hetero) is 1. The van der Waals surface area contributed by atoms with Crippen LogP contribution in [0.1, 0.15) is 57.7 Å². The number of hydrogen-bond acceptors (Lipinski definition) is 6. The van der Waals surface area contributed by atoms with Gasteiger partial charge in [0.25, 0.3) is 0 Å². The molecule has 3 fully saturated rings. The van der Waals surface area contributed by atoms with Crippen LogP contribution in [0, 0.1) is 28.6 Å². The van der Waals surface area contributed by atoms with Crippen LogP contribution in [-0.2, 0) is 11.2 Å². The van der Waals surface area contributed by atoms with Crippen molar-refractivity contribution in [3.8, 4) is 0 Å². The zero-order chi connectivity index (χ0) is 22.6. The van der Waals surface area contributed by atoms with Crippen molar-refractivity contribution in [1.82, 2.24) is 9.94 Å². The Morgan fingerprint density at radius 1 is 1.35 bits per heavy atom. The molecule has 0 radical (unpaired) electrons. The molecule has 4 N–H and O–H groups in total. The Kier molecular flexibility index (Phi) is 4.20. The van der Waals surface area contributed by atoms with Crippen LogP contribution in [0.5, 0.6) is 0 Å². The summed E-state index contributed by atoms with van der Waals surface area (Å²) < 4.78 is 17.3. The Morgan fingerprint density at radius 2 is 2.06 bits per heavy atom.